The lowest BCUT2D eigenvalue weighted by Gasteiger charge is -2.26. The van der Waals surface area contributed by atoms with Gasteiger partial charge in [-0.1, -0.05) is 6.07 Å². The van der Waals surface area contributed by atoms with Gasteiger partial charge in [-0.2, -0.15) is 0 Å². The summed E-state index contributed by atoms with van der Waals surface area (Å²) in [5.74, 6) is 2.09. The molecule has 3 heterocycles. The van der Waals surface area contributed by atoms with E-state index in [1.165, 1.54) is 0 Å². The number of nitrogens with one attached hydrogen (secondary N) is 1. The summed E-state index contributed by atoms with van der Waals surface area (Å²) in [5.41, 5.74) is 4.89. The van der Waals surface area contributed by atoms with E-state index < -0.39 is 0 Å². The van der Waals surface area contributed by atoms with Gasteiger partial charge in [-0.25, -0.2) is 4.98 Å². The zero-order valence-corrected chi connectivity index (χ0v) is 19.0. The van der Waals surface area contributed by atoms with E-state index in [2.05, 4.69) is 20.9 Å². The summed E-state index contributed by atoms with van der Waals surface area (Å²) in [7, 11) is 1.68. The molecular formula is C23H30ClN5O2. The molecule has 1 saturated heterocycles. The highest BCUT2D eigenvalue weighted by Gasteiger charge is 2.15. The van der Waals surface area contributed by atoms with Crippen molar-refractivity contribution >= 4 is 28.6 Å². The first-order valence-electron chi connectivity index (χ1n) is 10.8. The second kappa shape index (κ2) is 10.3. The van der Waals surface area contributed by atoms with Crippen LogP contribution in [-0.2, 0) is 17.2 Å². The molecule has 31 heavy (non-hydrogen) atoms. The number of aromatic nitrogens is 3. The molecule has 1 aliphatic heterocycles. The quantitative estimate of drug-likeness (QED) is 0.402. The van der Waals surface area contributed by atoms with Gasteiger partial charge in [0.05, 0.1) is 37.9 Å². The number of fused-ring (bicyclic) bond motifs is 1. The molecule has 0 unspecified atom stereocenters. The predicted molar refractivity (Wildman–Crippen MR) is 124 cm³/mol. The predicted octanol–water partition coefficient (Wildman–Crippen LogP) is 3.67. The molecule has 3 aromatic rings. The molecule has 0 radical (unpaired) electrons. The van der Waals surface area contributed by atoms with Crippen LogP contribution in [-0.4, -0.2) is 65.9 Å². The molecule has 0 aliphatic carbocycles. The van der Waals surface area contributed by atoms with Crippen molar-refractivity contribution in [3.8, 4) is 5.75 Å². The minimum atomic E-state index is 0.468. The van der Waals surface area contributed by atoms with Gasteiger partial charge in [0.1, 0.15) is 11.4 Å². The number of rotatable bonds is 9. The van der Waals surface area contributed by atoms with Crippen molar-refractivity contribution in [1.82, 2.24) is 19.4 Å². The molecule has 0 amide bonds. The highest BCUT2D eigenvalue weighted by Crippen LogP contribution is 2.26. The normalized spacial score (nSPS) is 14.8. The number of methoxy groups -OCH3 is 1. The average Bonchev–Trinajstić information content (AvgIpc) is 3.14. The Kier molecular flexibility index (Phi) is 7.27. The lowest BCUT2D eigenvalue weighted by atomic mass is 10.2. The van der Waals surface area contributed by atoms with Gasteiger partial charge < -0.3 is 19.4 Å². The van der Waals surface area contributed by atoms with E-state index in [0.717, 1.165) is 85.5 Å². The molecule has 8 heteroatoms. The van der Waals surface area contributed by atoms with E-state index in [-0.39, 0.29) is 0 Å². The molecule has 1 fully saturated rings. The number of halogens is 1. The summed E-state index contributed by atoms with van der Waals surface area (Å²) in [6.45, 7) is 8.15. The maximum absolute atomic E-state index is 6.10. The Bertz CT molecular complexity index is 1020. The molecule has 0 atom stereocenters. The number of hydrogen-bond donors (Lipinski definition) is 1. The molecule has 4 rings (SSSR count). The SMILES string of the molecule is COc1ccc(C)nc1Cn1c(NCCCN2CCOCC2)nc2ccc(CCl)cc21. The van der Waals surface area contributed by atoms with Crippen molar-refractivity contribution in [3.05, 3.63) is 47.3 Å². The van der Waals surface area contributed by atoms with Crippen LogP contribution in [0.2, 0.25) is 0 Å². The Balaban J connectivity index is 1.56. The van der Waals surface area contributed by atoms with E-state index >= 15 is 0 Å². The fourth-order valence-electron chi connectivity index (χ4n) is 3.92. The van der Waals surface area contributed by atoms with E-state index in [1.807, 2.05) is 31.2 Å². The number of anilines is 1. The maximum atomic E-state index is 6.10. The summed E-state index contributed by atoms with van der Waals surface area (Å²) < 4.78 is 13.2. The van der Waals surface area contributed by atoms with Gasteiger partial charge in [0.15, 0.2) is 0 Å². The minimum Gasteiger partial charge on any atom is -0.495 e. The fourth-order valence-corrected chi connectivity index (χ4v) is 4.09. The summed E-state index contributed by atoms with van der Waals surface area (Å²) >= 11 is 6.10. The molecule has 0 bridgehead atoms. The number of benzene rings is 1. The highest BCUT2D eigenvalue weighted by molar-refractivity contribution is 6.17. The van der Waals surface area contributed by atoms with Crippen LogP contribution in [0.4, 0.5) is 5.95 Å². The third-order valence-corrected chi connectivity index (χ3v) is 5.91. The van der Waals surface area contributed by atoms with Gasteiger partial charge in [0.25, 0.3) is 0 Å². The van der Waals surface area contributed by atoms with Crippen molar-refractivity contribution in [3.63, 3.8) is 0 Å². The Morgan fingerprint density at radius 2 is 2.00 bits per heavy atom. The molecule has 0 spiro atoms. The van der Waals surface area contributed by atoms with Crippen molar-refractivity contribution in [2.75, 3.05) is 51.8 Å². The van der Waals surface area contributed by atoms with Gasteiger partial charge in [-0.05, 0) is 49.7 Å². The number of alkyl halides is 1. The number of aryl methyl sites for hydroxylation is 1. The molecule has 1 aliphatic rings. The second-order valence-corrected chi connectivity index (χ2v) is 8.08. The molecule has 1 N–H and O–H groups in total. The molecule has 7 nitrogen and oxygen atoms in total. The zero-order valence-electron chi connectivity index (χ0n) is 18.2. The monoisotopic (exact) mass is 443 g/mol. The number of imidazole rings is 1. The summed E-state index contributed by atoms with van der Waals surface area (Å²) in [5, 5.41) is 3.54. The molecule has 2 aromatic heterocycles. The largest absolute Gasteiger partial charge is 0.495 e. The Morgan fingerprint density at radius 3 is 2.77 bits per heavy atom. The first-order valence-corrected chi connectivity index (χ1v) is 11.3. The van der Waals surface area contributed by atoms with Crippen LogP contribution >= 0.6 is 11.6 Å². The number of hydrogen-bond acceptors (Lipinski definition) is 6. The van der Waals surface area contributed by atoms with Crippen molar-refractivity contribution in [1.29, 1.82) is 0 Å². The Labute approximate surface area is 188 Å². The van der Waals surface area contributed by atoms with Crippen molar-refractivity contribution in [2.45, 2.75) is 25.8 Å². The third kappa shape index (κ3) is 5.29. The van der Waals surface area contributed by atoms with E-state index in [1.54, 1.807) is 7.11 Å². The zero-order chi connectivity index (χ0) is 21.6. The van der Waals surface area contributed by atoms with Crippen LogP contribution in [0.3, 0.4) is 0 Å². The summed E-state index contributed by atoms with van der Waals surface area (Å²) in [6, 6.07) is 10.1. The van der Waals surface area contributed by atoms with Gasteiger partial charge in [0, 0.05) is 31.2 Å². The van der Waals surface area contributed by atoms with E-state index in [9.17, 15) is 0 Å². The van der Waals surface area contributed by atoms with Crippen LogP contribution in [0, 0.1) is 6.92 Å². The van der Waals surface area contributed by atoms with Gasteiger partial charge in [-0.3, -0.25) is 9.88 Å². The topological polar surface area (TPSA) is 64.4 Å². The van der Waals surface area contributed by atoms with Gasteiger partial charge in [0.2, 0.25) is 5.95 Å². The minimum absolute atomic E-state index is 0.468. The highest BCUT2D eigenvalue weighted by atomic mass is 35.5. The fraction of sp³-hybridized carbons (Fsp3) is 0.478. The summed E-state index contributed by atoms with van der Waals surface area (Å²) in [4.78, 5) is 12.0. The van der Waals surface area contributed by atoms with Crippen LogP contribution < -0.4 is 10.1 Å². The van der Waals surface area contributed by atoms with Crippen molar-refractivity contribution < 1.29 is 9.47 Å². The number of morpholine rings is 1. The average molecular weight is 444 g/mol. The van der Waals surface area contributed by atoms with Crippen LogP contribution in [0.15, 0.2) is 30.3 Å². The van der Waals surface area contributed by atoms with Gasteiger partial charge in [-0.15, -0.1) is 11.6 Å². The van der Waals surface area contributed by atoms with Crippen LogP contribution in [0.5, 0.6) is 5.75 Å². The second-order valence-electron chi connectivity index (χ2n) is 7.81. The standard InChI is InChI=1S/C23H30ClN5O2/c1-17-4-7-22(30-2)20(26-17)16-29-21-14-18(15-24)5-6-19(21)27-23(29)25-8-3-9-28-10-12-31-13-11-28/h4-7,14H,3,8-13,15-16H2,1-2H3,(H,25,27). The first kappa shape index (κ1) is 21.9. The molecule has 166 valence electrons. The van der Waals surface area contributed by atoms with Gasteiger partial charge >= 0.3 is 0 Å². The number of nitrogens with zero attached hydrogens (tertiary/aromatic N) is 4. The third-order valence-electron chi connectivity index (χ3n) is 5.60. The summed E-state index contributed by atoms with van der Waals surface area (Å²) in [6.07, 6.45) is 1.04. The Morgan fingerprint density at radius 1 is 1.16 bits per heavy atom. The molecule has 1 aromatic carbocycles. The van der Waals surface area contributed by atoms with Crippen LogP contribution in [0.1, 0.15) is 23.4 Å². The van der Waals surface area contributed by atoms with Crippen molar-refractivity contribution in [2.24, 2.45) is 0 Å². The van der Waals surface area contributed by atoms with E-state index in [0.29, 0.717) is 12.4 Å². The number of ether oxygens (including phenoxy) is 2. The van der Waals surface area contributed by atoms with E-state index in [4.69, 9.17) is 31.0 Å². The molecular weight excluding hydrogens is 414 g/mol. The maximum Gasteiger partial charge on any atom is 0.204 e. The van der Waals surface area contributed by atoms with Crippen LogP contribution in [0.25, 0.3) is 11.0 Å². The Hall–Kier alpha value is -2.35. The molecule has 0 saturated carbocycles. The number of pyridine rings is 1. The smallest absolute Gasteiger partial charge is 0.204 e. The lowest BCUT2D eigenvalue weighted by Crippen LogP contribution is -2.37. The first-order chi connectivity index (χ1) is 15.2. The lowest BCUT2D eigenvalue weighted by molar-refractivity contribution is 0.0378.